The summed E-state index contributed by atoms with van der Waals surface area (Å²) in [5.74, 6) is -2.90. The van der Waals surface area contributed by atoms with Gasteiger partial charge in [0, 0.05) is 5.69 Å². The number of benzene rings is 1. The minimum absolute atomic E-state index is 0.132. The Hall–Kier alpha value is -1.71. The van der Waals surface area contributed by atoms with Gasteiger partial charge in [0.05, 0.1) is 6.61 Å². The number of carbonyl (C=O) groups is 1. The van der Waals surface area contributed by atoms with Crippen molar-refractivity contribution in [1.29, 1.82) is 0 Å². The fraction of sp³-hybridized carbons (Fsp3) is 0.632. The Morgan fingerprint density at radius 3 is 2.59 bits per heavy atom. The molecule has 4 unspecified atom stereocenters. The van der Waals surface area contributed by atoms with E-state index in [1.807, 2.05) is 32.0 Å². The van der Waals surface area contributed by atoms with Gasteiger partial charge in [-0.1, -0.05) is 18.2 Å². The van der Waals surface area contributed by atoms with Crippen molar-refractivity contribution >= 4 is 11.8 Å². The first-order valence-electron chi connectivity index (χ1n) is 9.05. The number of para-hydroxylation sites is 1. The standard InChI is InChI=1S/C19H25NO7/c1-17(2)24-13-10-23-19(15(14(13)25-17)26-18(3,4)27-19)11-22-16(21)20-12-8-6-5-7-9-12/h5-9,13-15H,10-11H2,1-4H3,(H,20,21). The predicted molar refractivity (Wildman–Crippen MR) is 94.0 cm³/mol. The summed E-state index contributed by atoms with van der Waals surface area (Å²) in [6.45, 7) is 7.39. The number of hydrogen-bond acceptors (Lipinski definition) is 7. The van der Waals surface area contributed by atoms with Crippen LogP contribution in [0.5, 0.6) is 0 Å². The SMILES string of the molecule is CC1(C)OC2COC3(COC(=O)Nc4ccccc4)OC(C)(C)OC3C2O1. The third-order valence-electron chi connectivity index (χ3n) is 4.70. The lowest BCUT2D eigenvalue weighted by atomic mass is 9.97. The Morgan fingerprint density at radius 1 is 1.11 bits per heavy atom. The summed E-state index contributed by atoms with van der Waals surface area (Å²) in [7, 11) is 0. The van der Waals surface area contributed by atoms with Gasteiger partial charge in [0.15, 0.2) is 18.2 Å². The van der Waals surface area contributed by atoms with Crippen LogP contribution in [-0.2, 0) is 28.4 Å². The Balaban J connectivity index is 1.47. The van der Waals surface area contributed by atoms with Crippen LogP contribution in [0.15, 0.2) is 30.3 Å². The normalized spacial score (nSPS) is 35.9. The fourth-order valence-electron chi connectivity index (χ4n) is 3.79. The van der Waals surface area contributed by atoms with E-state index < -0.39 is 29.6 Å². The molecule has 0 spiro atoms. The number of nitrogens with one attached hydrogen (secondary N) is 1. The molecular weight excluding hydrogens is 354 g/mol. The molecule has 1 aromatic rings. The van der Waals surface area contributed by atoms with Crippen molar-refractivity contribution < 1.29 is 33.2 Å². The smallest absolute Gasteiger partial charge is 0.411 e. The van der Waals surface area contributed by atoms with E-state index in [0.717, 1.165) is 0 Å². The number of anilines is 1. The van der Waals surface area contributed by atoms with Gasteiger partial charge in [0.1, 0.15) is 18.3 Å². The number of rotatable bonds is 3. The monoisotopic (exact) mass is 379 g/mol. The molecule has 4 atom stereocenters. The molecule has 0 aromatic heterocycles. The maximum atomic E-state index is 12.2. The molecule has 1 aromatic carbocycles. The van der Waals surface area contributed by atoms with E-state index >= 15 is 0 Å². The third kappa shape index (κ3) is 3.68. The molecule has 27 heavy (non-hydrogen) atoms. The zero-order valence-corrected chi connectivity index (χ0v) is 15.9. The van der Waals surface area contributed by atoms with Gasteiger partial charge >= 0.3 is 6.09 Å². The van der Waals surface area contributed by atoms with Crippen LogP contribution in [0.3, 0.4) is 0 Å². The summed E-state index contributed by atoms with van der Waals surface area (Å²) in [6.07, 6.45) is -1.83. The van der Waals surface area contributed by atoms with Gasteiger partial charge in [0.2, 0.25) is 5.79 Å². The van der Waals surface area contributed by atoms with Gasteiger partial charge in [-0.25, -0.2) is 4.79 Å². The van der Waals surface area contributed by atoms with Crippen LogP contribution < -0.4 is 5.32 Å². The molecule has 8 heteroatoms. The van der Waals surface area contributed by atoms with Crippen LogP contribution in [-0.4, -0.2) is 55.0 Å². The van der Waals surface area contributed by atoms with Crippen LogP contribution >= 0.6 is 0 Å². The summed E-state index contributed by atoms with van der Waals surface area (Å²) >= 11 is 0. The zero-order valence-electron chi connectivity index (χ0n) is 15.9. The quantitative estimate of drug-likeness (QED) is 0.864. The van der Waals surface area contributed by atoms with Crippen molar-refractivity contribution in [2.24, 2.45) is 0 Å². The maximum absolute atomic E-state index is 12.2. The van der Waals surface area contributed by atoms with Crippen molar-refractivity contribution in [2.75, 3.05) is 18.5 Å². The molecular formula is C19H25NO7. The summed E-state index contributed by atoms with van der Waals surface area (Å²) in [6, 6.07) is 9.06. The molecule has 0 radical (unpaired) electrons. The molecule has 4 rings (SSSR count). The number of hydrogen-bond donors (Lipinski definition) is 1. The van der Waals surface area contributed by atoms with Gasteiger partial charge in [-0.15, -0.1) is 0 Å². The minimum atomic E-state index is -1.25. The second-order valence-electron chi connectivity index (χ2n) is 7.87. The zero-order chi connectivity index (χ0) is 19.3. The molecule has 3 aliphatic heterocycles. The first kappa shape index (κ1) is 18.6. The Kier molecular flexibility index (Phi) is 4.44. The summed E-state index contributed by atoms with van der Waals surface area (Å²) < 4.78 is 35.4. The first-order valence-corrected chi connectivity index (χ1v) is 9.05. The lowest BCUT2D eigenvalue weighted by Gasteiger charge is -2.40. The van der Waals surface area contributed by atoms with Crippen LogP contribution in [0.1, 0.15) is 27.7 Å². The molecule has 1 amide bonds. The molecule has 0 bridgehead atoms. The van der Waals surface area contributed by atoms with E-state index in [2.05, 4.69) is 5.32 Å². The average molecular weight is 379 g/mol. The molecule has 8 nitrogen and oxygen atoms in total. The van der Waals surface area contributed by atoms with Crippen LogP contribution in [0.2, 0.25) is 0 Å². The second kappa shape index (κ2) is 6.42. The number of ether oxygens (including phenoxy) is 6. The number of amides is 1. The van der Waals surface area contributed by atoms with Crippen molar-refractivity contribution in [3.8, 4) is 0 Å². The van der Waals surface area contributed by atoms with Gasteiger partial charge in [-0.3, -0.25) is 5.32 Å². The number of carbonyl (C=O) groups excluding carboxylic acids is 1. The molecule has 3 heterocycles. The van der Waals surface area contributed by atoms with Crippen molar-refractivity contribution in [2.45, 2.75) is 63.4 Å². The van der Waals surface area contributed by atoms with E-state index in [0.29, 0.717) is 5.69 Å². The maximum Gasteiger partial charge on any atom is 0.411 e. The minimum Gasteiger partial charge on any atom is -0.443 e. The van der Waals surface area contributed by atoms with Gasteiger partial charge in [-0.2, -0.15) is 0 Å². The highest BCUT2D eigenvalue weighted by Gasteiger charge is 2.65. The molecule has 3 saturated heterocycles. The Bertz CT molecular complexity index is 707. The predicted octanol–water partition coefficient (Wildman–Crippen LogP) is 2.63. The Morgan fingerprint density at radius 2 is 1.85 bits per heavy atom. The summed E-state index contributed by atoms with van der Waals surface area (Å²) in [4.78, 5) is 12.2. The average Bonchev–Trinajstić information content (AvgIpc) is 3.05. The summed E-state index contributed by atoms with van der Waals surface area (Å²) in [5, 5.41) is 2.67. The fourth-order valence-corrected chi connectivity index (χ4v) is 3.79. The van der Waals surface area contributed by atoms with Crippen LogP contribution in [0.4, 0.5) is 10.5 Å². The lowest BCUT2D eigenvalue weighted by Crippen LogP contribution is -2.60. The highest BCUT2D eigenvalue weighted by molar-refractivity contribution is 5.84. The van der Waals surface area contributed by atoms with E-state index in [-0.39, 0.29) is 25.4 Å². The van der Waals surface area contributed by atoms with E-state index in [4.69, 9.17) is 28.4 Å². The molecule has 148 valence electrons. The van der Waals surface area contributed by atoms with E-state index in [9.17, 15) is 4.79 Å². The van der Waals surface area contributed by atoms with E-state index in [1.54, 1.807) is 26.0 Å². The third-order valence-corrected chi connectivity index (χ3v) is 4.70. The first-order chi connectivity index (χ1) is 12.7. The highest BCUT2D eigenvalue weighted by atomic mass is 16.9. The number of fused-ring (bicyclic) bond motifs is 3. The van der Waals surface area contributed by atoms with E-state index in [1.165, 1.54) is 0 Å². The van der Waals surface area contributed by atoms with Gasteiger partial charge in [-0.05, 0) is 39.8 Å². The molecule has 3 fully saturated rings. The molecule has 0 aliphatic carbocycles. The Labute approximate surface area is 158 Å². The molecule has 3 aliphatic rings. The van der Waals surface area contributed by atoms with Gasteiger partial charge < -0.3 is 28.4 Å². The molecule has 0 saturated carbocycles. The lowest BCUT2D eigenvalue weighted by molar-refractivity contribution is -0.293. The van der Waals surface area contributed by atoms with Crippen molar-refractivity contribution in [3.63, 3.8) is 0 Å². The van der Waals surface area contributed by atoms with Crippen molar-refractivity contribution in [1.82, 2.24) is 0 Å². The van der Waals surface area contributed by atoms with Gasteiger partial charge in [0.25, 0.3) is 0 Å². The van der Waals surface area contributed by atoms with Crippen LogP contribution in [0, 0.1) is 0 Å². The summed E-state index contributed by atoms with van der Waals surface area (Å²) in [5.41, 5.74) is 0.638. The topological polar surface area (TPSA) is 84.5 Å². The molecule has 1 N–H and O–H groups in total. The van der Waals surface area contributed by atoms with Crippen LogP contribution in [0.25, 0.3) is 0 Å². The van der Waals surface area contributed by atoms with Crippen molar-refractivity contribution in [3.05, 3.63) is 30.3 Å². The second-order valence-corrected chi connectivity index (χ2v) is 7.87. The highest BCUT2D eigenvalue weighted by Crippen LogP contribution is 2.47. The largest absolute Gasteiger partial charge is 0.443 e.